The molecule has 0 radical (unpaired) electrons. The van der Waals surface area contributed by atoms with Gasteiger partial charge in [0, 0.05) is 13.1 Å². The molecule has 0 unspecified atom stereocenters. The molecular formula is C13H16N4O2S. The molecule has 2 aromatic rings. The van der Waals surface area contributed by atoms with Crippen molar-refractivity contribution >= 4 is 10.0 Å². The fraction of sp³-hybridized carbons (Fsp3) is 0.385. The molecule has 1 aromatic carbocycles. The van der Waals surface area contributed by atoms with Crippen LogP contribution in [0.1, 0.15) is 11.6 Å². The molecule has 6 nitrogen and oxygen atoms in total. The van der Waals surface area contributed by atoms with Crippen LogP contribution in [0.15, 0.2) is 42.7 Å². The molecule has 0 N–H and O–H groups in total. The van der Waals surface area contributed by atoms with Crippen molar-refractivity contribution in [3.8, 4) is 0 Å². The zero-order valence-corrected chi connectivity index (χ0v) is 11.8. The first-order chi connectivity index (χ1) is 9.65. The van der Waals surface area contributed by atoms with Gasteiger partial charge >= 0.3 is 0 Å². The summed E-state index contributed by atoms with van der Waals surface area (Å²) >= 11 is 0. The summed E-state index contributed by atoms with van der Waals surface area (Å²) in [6, 6.07) is 9.73. The Morgan fingerprint density at radius 1 is 1.10 bits per heavy atom. The van der Waals surface area contributed by atoms with Crippen LogP contribution in [0.2, 0.25) is 0 Å². The number of benzene rings is 1. The van der Waals surface area contributed by atoms with Gasteiger partial charge in [0.05, 0.1) is 24.2 Å². The average molecular weight is 292 g/mol. The standard InChI is InChI=1S/C13H16N4O2S/c18-20(19,9-6-12-4-2-1-3-5-12)16-10-13(11-16)17-14-7-8-15-17/h1-5,7-8,13H,6,9-11H2. The molecule has 0 saturated carbocycles. The number of sulfonamides is 1. The molecule has 1 aliphatic rings. The SMILES string of the molecule is O=S(=O)(CCc1ccccc1)N1CC(n2nccn2)C1. The molecule has 1 fully saturated rings. The Bertz CT molecular complexity index is 649. The lowest BCUT2D eigenvalue weighted by molar-refractivity contribution is 0.175. The molecule has 1 aromatic heterocycles. The summed E-state index contributed by atoms with van der Waals surface area (Å²) in [6.07, 6.45) is 3.75. The quantitative estimate of drug-likeness (QED) is 0.814. The number of hydrogen-bond acceptors (Lipinski definition) is 4. The van der Waals surface area contributed by atoms with E-state index >= 15 is 0 Å². The molecule has 0 spiro atoms. The van der Waals surface area contributed by atoms with Crippen LogP contribution in [0.3, 0.4) is 0 Å². The van der Waals surface area contributed by atoms with E-state index in [0.717, 1.165) is 5.56 Å². The minimum atomic E-state index is -3.18. The Labute approximate surface area is 118 Å². The minimum Gasteiger partial charge on any atom is -0.212 e. The Balaban J connectivity index is 1.55. The van der Waals surface area contributed by atoms with Crippen LogP contribution >= 0.6 is 0 Å². The van der Waals surface area contributed by atoms with E-state index in [2.05, 4.69) is 10.2 Å². The third-order valence-corrected chi connectivity index (χ3v) is 5.28. The molecule has 106 valence electrons. The van der Waals surface area contributed by atoms with Gasteiger partial charge in [-0.1, -0.05) is 30.3 Å². The summed E-state index contributed by atoms with van der Waals surface area (Å²) in [7, 11) is -3.18. The first-order valence-electron chi connectivity index (χ1n) is 6.53. The highest BCUT2D eigenvalue weighted by atomic mass is 32.2. The molecule has 0 aliphatic carbocycles. The van der Waals surface area contributed by atoms with Crippen LogP contribution in [0, 0.1) is 0 Å². The van der Waals surface area contributed by atoms with Crippen molar-refractivity contribution in [2.45, 2.75) is 12.5 Å². The van der Waals surface area contributed by atoms with Crippen molar-refractivity contribution < 1.29 is 8.42 Å². The van der Waals surface area contributed by atoms with Crippen LogP contribution in [0.4, 0.5) is 0 Å². The smallest absolute Gasteiger partial charge is 0.212 e. The Morgan fingerprint density at radius 2 is 1.75 bits per heavy atom. The van der Waals surface area contributed by atoms with Crippen LogP contribution in [-0.4, -0.2) is 46.6 Å². The molecule has 7 heteroatoms. The minimum absolute atomic E-state index is 0.0662. The summed E-state index contributed by atoms with van der Waals surface area (Å²) in [5.74, 6) is 0.149. The molecule has 0 atom stereocenters. The van der Waals surface area contributed by atoms with Gasteiger partial charge in [0.2, 0.25) is 10.0 Å². The van der Waals surface area contributed by atoms with Gasteiger partial charge in [-0.15, -0.1) is 0 Å². The monoisotopic (exact) mass is 292 g/mol. The van der Waals surface area contributed by atoms with Gasteiger partial charge in [-0.05, 0) is 12.0 Å². The van der Waals surface area contributed by atoms with E-state index in [1.54, 1.807) is 17.2 Å². The highest BCUT2D eigenvalue weighted by Gasteiger charge is 2.37. The van der Waals surface area contributed by atoms with Crippen LogP contribution < -0.4 is 0 Å². The fourth-order valence-corrected chi connectivity index (χ4v) is 3.78. The molecule has 0 bridgehead atoms. The van der Waals surface area contributed by atoms with Gasteiger partial charge < -0.3 is 0 Å². The third kappa shape index (κ3) is 2.73. The summed E-state index contributed by atoms with van der Waals surface area (Å²) in [5.41, 5.74) is 1.04. The lowest BCUT2D eigenvalue weighted by atomic mass is 10.2. The van der Waals surface area contributed by atoms with E-state index in [9.17, 15) is 8.42 Å². The number of rotatable bonds is 5. The number of aromatic nitrogens is 3. The number of nitrogens with zero attached hydrogens (tertiary/aromatic N) is 4. The van der Waals surface area contributed by atoms with E-state index in [1.807, 2.05) is 30.3 Å². The van der Waals surface area contributed by atoms with E-state index < -0.39 is 10.0 Å². The first kappa shape index (κ1) is 13.3. The second-order valence-corrected chi connectivity index (χ2v) is 6.96. The molecule has 2 heterocycles. The van der Waals surface area contributed by atoms with E-state index in [1.165, 1.54) is 4.31 Å². The topological polar surface area (TPSA) is 68.1 Å². The Kier molecular flexibility index (Phi) is 3.54. The van der Waals surface area contributed by atoms with Crippen molar-refractivity contribution in [2.24, 2.45) is 0 Å². The summed E-state index contributed by atoms with van der Waals surface area (Å²) in [5, 5.41) is 8.06. The van der Waals surface area contributed by atoms with Gasteiger partial charge in [-0.25, -0.2) is 8.42 Å². The van der Waals surface area contributed by atoms with Gasteiger partial charge in [-0.2, -0.15) is 19.3 Å². The predicted octanol–water partition coefficient (Wildman–Crippen LogP) is 0.707. The molecule has 1 saturated heterocycles. The average Bonchev–Trinajstić information content (AvgIpc) is 2.89. The van der Waals surface area contributed by atoms with Crippen LogP contribution in [0.25, 0.3) is 0 Å². The second-order valence-electron chi connectivity index (χ2n) is 4.87. The maximum Gasteiger partial charge on any atom is 0.214 e. The van der Waals surface area contributed by atoms with Crippen LogP contribution in [0.5, 0.6) is 0 Å². The zero-order chi connectivity index (χ0) is 14.0. The Morgan fingerprint density at radius 3 is 2.40 bits per heavy atom. The molecule has 3 rings (SSSR count). The second kappa shape index (κ2) is 5.34. The summed E-state index contributed by atoms with van der Waals surface area (Å²) < 4.78 is 25.9. The summed E-state index contributed by atoms with van der Waals surface area (Å²) in [4.78, 5) is 1.57. The van der Waals surface area contributed by atoms with Gasteiger partial charge in [0.25, 0.3) is 0 Å². The summed E-state index contributed by atoms with van der Waals surface area (Å²) in [6.45, 7) is 0.928. The molecule has 20 heavy (non-hydrogen) atoms. The zero-order valence-electron chi connectivity index (χ0n) is 11.0. The largest absolute Gasteiger partial charge is 0.214 e. The number of aryl methyl sites for hydroxylation is 1. The highest BCUT2D eigenvalue weighted by Crippen LogP contribution is 2.23. The van der Waals surface area contributed by atoms with Crippen molar-refractivity contribution in [3.63, 3.8) is 0 Å². The van der Waals surface area contributed by atoms with Crippen molar-refractivity contribution in [1.82, 2.24) is 19.3 Å². The normalized spacial score (nSPS) is 17.0. The van der Waals surface area contributed by atoms with Crippen molar-refractivity contribution in [2.75, 3.05) is 18.8 Å². The van der Waals surface area contributed by atoms with Crippen molar-refractivity contribution in [1.29, 1.82) is 0 Å². The maximum atomic E-state index is 12.2. The van der Waals surface area contributed by atoms with Crippen molar-refractivity contribution in [3.05, 3.63) is 48.3 Å². The van der Waals surface area contributed by atoms with E-state index in [0.29, 0.717) is 19.5 Å². The van der Waals surface area contributed by atoms with E-state index in [4.69, 9.17) is 0 Å². The first-order valence-corrected chi connectivity index (χ1v) is 8.13. The Hall–Kier alpha value is -1.73. The van der Waals surface area contributed by atoms with Gasteiger partial charge in [-0.3, -0.25) is 0 Å². The fourth-order valence-electron chi connectivity index (χ4n) is 2.23. The van der Waals surface area contributed by atoms with Gasteiger partial charge in [0.15, 0.2) is 0 Å². The maximum absolute atomic E-state index is 12.2. The van der Waals surface area contributed by atoms with Gasteiger partial charge in [0.1, 0.15) is 0 Å². The third-order valence-electron chi connectivity index (χ3n) is 3.48. The van der Waals surface area contributed by atoms with E-state index in [-0.39, 0.29) is 11.8 Å². The molecule has 0 amide bonds. The highest BCUT2D eigenvalue weighted by molar-refractivity contribution is 7.89. The van der Waals surface area contributed by atoms with Crippen LogP contribution in [-0.2, 0) is 16.4 Å². The molecular weight excluding hydrogens is 276 g/mol. The predicted molar refractivity (Wildman–Crippen MR) is 74.6 cm³/mol. The lowest BCUT2D eigenvalue weighted by Crippen LogP contribution is -2.52. The lowest BCUT2D eigenvalue weighted by Gasteiger charge is -2.37. The number of hydrogen-bond donors (Lipinski definition) is 0. The molecule has 1 aliphatic heterocycles.